The molecule has 2 aromatic carbocycles. The maximum atomic E-state index is 12.5. The van der Waals surface area contributed by atoms with Crippen molar-refractivity contribution in [3.05, 3.63) is 47.5 Å². The van der Waals surface area contributed by atoms with Gasteiger partial charge in [0.15, 0.2) is 0 Å². The van der Waals surface area contributed by atoms with Gasteiger partial charge in [0.2, 0.25) is 0 Å². The Morgan fingerprint density at radius 3 is 2.24 bits per heavy atom. The highest BCUT2D eigenvalue weighted by Gasteiger charge is 2.18. The Morgan fingerprint density at radius 1 is 1.10 bits per heavy atom. The van der Waals surface area contributed by atoms with E-state index in [1.807, 2.05) is 13.0 Å². The largest absolute Gasteiger partial charge is 0.496 e. The Kier molecular flexibility index (Phi) is 4.33. The van der Waals surface area contributed by atoms with Crippen LogP contribution in [0.3, 0.4) is 0 Å². The van der Waals surface area contributed by atoms with E-state index in [4.69, 9.17) is 15.2 Å². The van der Waals surface area contributed by atoms with Crippen molar-refractivity contribution in [3.63, 3.8) is 0 Å². The van der Waals surface area contributed by atoms with Gasteiger partial charge in [0.25, 0.3) is 5.91 Å². The number of hydrogen-bond donors (Lipinski definition) is 2. The summed E-state index contributed by atoms with van der Waals surface area (Å²) in [6.07, 6.45) is 0. The zero-order valence-electron chi connectivity index (χ0n) is 12.3. The molecule has 21 heavy (non-hydrogen) atoms. The van der Waals surface area contributed by atoms with E-state index in [1.54, 1.807) is 30.3 Å². The number of benzene rings is 2. The second-order valence-electron chi connectivity index (χ2n) is 4.56. The topological polar surface area (TPSA) is 73.6 Å². The summed E-state index contributed by atoms with van der Waals surface area (Å²) in [7, 11) is 3.03. The van der Waals surface area contributed by atoms with Crippen LogP contribution in [0.25, 0.3) is 0 Å². The molecule has 5 heteroatoms. The molecule has 2 aromatic rings. The minimum atomic E-state index is -0.298. The Hall–Kier alpha value is -2.69. The lowest BCUT2D eigenvalue weighted by Gasteiger charge is -2.13. The van der Waals surface area contributed by atoms with E-state index in [-0.39, 0.29) is 5.91 Å². The van der Waals surface area contributed by atoms with Crippen LogP contribution in [0.2, 0.25) is 0 Å². The Morgan fingerprint density at radius 2 is 1.71 bits per heavy atom. The average Bonchev–Trinajstić information content (AvgIpc) is 2.49. The predicted molar refractivity (Wildman–Crippen MR) is 83.1 cm³/mol. The minimum Gasteiger partial charge on any atom is -0.496 e. The van der Waals surface area contributed by atoms with Crippen LogP contribution in [0.5, 0.6) is 11.5 Å². The number of anilines is 2. The van der Waals surface area contributed by atoms with Gasteiger partial charge >= 0.3 is 0 Å². The summed E-state index contributed by atoms with van der Waals surface area (Å²) in [4.78, 5) is 12.5. The molecule has 0 atom stereocenters. The summed E-state index contributed by atoms with van der Waals surface area (Å²) in [5.74, 6) is 0.617. The van der Waals surface area contributed by atoms with Gasteiger partial charge in [-0.05, 0) is 42.8 Å². The molecule has 0 saturated heterocycles. The average molecular weight is 286 g/mol. The molecule has 0 saturated carbocycles. The van der Waals surface area contributed by atoms with Crippen LogP contribution >= 0.6 is 0 Å². The third-order valence-electron chi connectivity index (χ3n) is 3.18. The standard InChI is InChI=1S/C16H18N2O3/c1-10-9-11(7-8-12(10)17)18-16(19)15-13(20-2)5-4-6-14(15)21-3/h4-9H,17H2,1-3H3,(H,18,19). The molecule has 3 N–H and O–H groups in total. The number of nitrogen functional groups attached to an aromatic ring is 1. The molecular formula is C16H18N2O3. The number of nitrogens with two attached hydrogens (primary N) is 1. The van der Waals surface area contributed by atoms with Crippen molar-refractivity contribution in [1.29, 1.82) is 0 Å². The Labute approximate surface area is 123 Å². The zero-order valence-corrected chi connectivity index (χ0v) is 12.3. The number of ether oxygens (including phenoxy) is 2. The van der Waals surface area contributed by atoms with Gasteiger partial charge in [-0.15, -0.1) is 0 Å². The highest BCUT2D eigenvalue weighted by Crippen LogP contribution is 2.29. The van der Waals surface area contributed by atoms with Gasteiger partial charge in [-0.25, -0.2) is 0 Å². The molecule has 0 bridgehead atoms. The van der Waals surface area contributed by atoms with Gasteiger partial charge in [-0.3, -0.25) is 4.79 Å². The van der Waals surface area contributed by atoms with Crippen molar-refractivity contribution >= 4 is 17.3 Å². The van der Waals surface area contributed by atoms with Gasteiger partial charge in [0.05, 0.1) is 14.2 Å². The summed E-state index contributed by atoms with van der Waals surface area (Å²) in [5.41, 5.74) is 8.38. The van der Waals surface area contributed by atoms with Crippen molar-refractivity contribution < 1.29 is 14.3 Å². The fourth-order valence-electron chi connectivity index (χ4n) is 2.02. The molecule has 2 rings (SSSR count). The van der Waals surface area contributed by atoms with Crippen molar-refractivity contribution in [1.82, 2.24) is 0 Å². The van der Waals surface area contributed by atoms with Crippen LogP contribution in [0.15, 0.2) is 36.4 Å². The SMILES string of the molecule is COc1cccc(OC)c1C(=O)Nc1ccc(N)c(C)c1. The first-order chi connectivity index (χ1) is 10.1. The molecule has 5 nitrogen and oxygen atoms in total. The van der Waals surface area contributed by atoms with Crippen molar-refractivity contribution in [2.24, 2.45) is 0 Å². The maximum Gasteiger partial charge on any atom is 0.263 e. The molecule has 0 aliphatic carbocycles. The van der Waals surface area contributed by atoms with Gasteiger partial charge in [-0.1, -0.05) is 6.07 Å². The minimum absolute atomic E-state index is 0.298. The number of amides is 1. The Bertz CT molecular complexity index is 646. The lowest BCUT2D eigenvalue weighted by atomic mass is 10.1. The smallest absolute Gasteiger partial charge is 0.263 e. The van der Waals surface area contributed by atoms with Gasteiger partial charge in [-0.2, -0.15) is 0 Å². The van der Waals surface area contributed by atoms with Crippen molar-refractivity contribution in [2.45, 2.75) is 6.92 Å². The second-order valence-corrected chi connectivity index (χ2v) is 4.56. The fourth-order valence-corrected chi connectivity index (χ4v) is 2.02. The van der Waals surface area contributed by atoms with E-state index >= 15 is 0 Å². The molecule has 0 fully saturated rings. The van der Waals surface area contributed by atoms with Gasteiger partial charge in [0.1, 0.15) is 17.1 Å². The maximum absolute atomic E-state index is 12.5. The summed E-state index contributed by atoms with van der Waals surface area (Å²) in [6.45, 7) is 1.88. The fraction of sp³-hybridized carbons (Fsp3) is 0.188. The van der Waals surface area contributed by atoms with E-state index in [1.165, 1.54) is 14.2 Å². The van der Waals surface area contributed by atoms with Crippen LogP contribution in [0.1, 0.15) is 15.9 Å². The predicted octanol–water partition coefficient (Wildman–Crippen LogP) is 2.85. The molecule has 0 heterocycles. The lowest BCUT2D eigenvalue weighted by molar-refractivity contribution is 0.102. The zero-order chi connectivity index (χ0) is 15.4. The highest BCUT2D eigenvalue weighted by atomic mass is 16.5. The first-order valence-corrected chi connectivity index (χ1v) is 6.45. The van der Waals surface area contributed by atoms with Crippen LogP contribution in [-0.2, 0) is 0 Å². The molecule has 0 spiro atoms. The first-order valence-electron chi connectivity index (χ1n) is 6.45. The lowest BCUT2D eigenvalue weighted by Crippen LogP contribution is -2.14. The summed E-state index contributed by atoms with van der Waals surface area (Å²) in [5, 5.41) is 2.82. The molecule has 0 radical (unpaired) electrons. The van der Waals surface area contributed by atoms with Crippen LogP contribution < -0.4 is 20.5 Å². The Balaban J connectivity index is 2.34. The third kappa shape index (κ3) is 3.08. The highest BCUT2D eigenvalue weighted by molar-refractivity contribution is 6.08. The van der Waals surface area contributed by atoms with Crippen molar-refractivity contribution in [2.75, 3.05) is 25.3 Å². The van der Waals surface area contributed by atoms with Gasteiger partial charge in [0, 0.05) is 11.4 Å². The molecule has 1 amide bonds. The molecule has 110 valence electrons. The van der Waals surface area contributed by atoms with Crippen LogP contribution in [0, 0.1) is 6.92 Å². The number of hydrogen-bond acceptors (Lipinski definition) is 4. The third-order valence-corrected chi connectivity index (χ3v) is 3.18. The summed E-state index contributed by atoms with van der Waals surface area (Å²) >= 11 is 0. The molecule has 0 aliphatic heterocycles. The molecular weight excluding hydrogens is 268 g/mol. The van der Waals surface area contributed by atoms with Crippen LogP contribution in [0.4, 0.5) is 11.4 Å². The van der Waals surface area contributed by atoms with Crippen molar-refractivity contribution in [3.8, 4) is 11.5 Å². The van der Waals surface area contributed by atoms with E-state index in [0.717, 1.165) is 5.56 Å². The van der Waals surface area contributed by atoms with Gasteiger partial charge < -0.3 is 20.5 Å². The normalized spacial score (nSPS) is 10.0. The first kappa shape index (κ1) is 14.7. The number of nitrogens with one attached hydrogen (secondary N) is 1. The van der Waals surface area contributed by atoms with Crippen LogP contribution in [-0.4, -0.2) is 20.1 Å². The summed E-state index contributed by atoms with van der Waals surface area (Å²) in [6, 6.07) is 10.5. The quantitative estimate of drug-likeness (QED) is 0.848. The van der Waals surface area contributed by atoms with E-state index in [2.05, 4.69) is 5.32 Å². The molecule has 0 aromatic heterocycles. The van der Waals surface area contributed by atoms with E-state index in [9.17, 15) is 4.79 Å². The number of carbonyl (C=O) groups excluding carboxylic acids is 1. The molecule has 0 aliphatic rings. The van der Waals surface area contributed by atoms with E-state index in [0.29, 0.717) is 28.4 Å². The van der Waals surface area contributed by atoms with E-state index < -0.39 is 0 Å². The number of carbonyl (C=O) groups is 1. The monoisotopic (exact) mass is 286 g/mol. The number of methoxy groups -OCH3 is 2. The summed E-state index contributed by atoms with van der Waals surface area (Å²) < 4.78 is 10.5. The second kappa shape index (κ2) is 6.17. The number of aryl methyl sites for hydroxylation is 1. The molecule has 0 unspecified atom stereocenters. The number of rotatable bonds is 4.